The highest BCUT2D eigenvalue weighted by Crippen LogP contribution is 2.40. The van der Waals surface area contributed by atoms with Gasteiger partial charge in [-0.05, 0) is 49.2 Å². The average Bonchev–Trinajstić information content (AvgIpc) is 3.17. The van der Waals surface area contributed by atoms with E-state index < -0.39 is 0 Å². The smallest absolute Gasteiger partial charge is 0.226 e. The molecule has 7 heteroatoms. The van der Waals surface area contributed by atoms with Crippen LogP contribution in [0.1, 0.15) is 31.0 Å². The molecule has 0 saturated heterocycles. The molecule has 0 saturated carbocycles. The number of allylic oxidation sites excluding steroid dienone is 2. The molecule has 0 amide bonds. The maximum absolute atomic E-state index is 12.8. The second kappa shape index (κ2) is 6.84. The molecule has 3 aromatic rings. The predicted molar refractivity (Wildman–Crippen MR) is 112 cm³/mol. The number of carbonyl (C=O) groups is 1. The SMILES string of the molecule is CN(C)c1ccc(-c2nc3n(n2)C(c2ccccn2)C2=C(CCCC2=O)N3)cc1. The number of nitrogens with one attached hydrogen (secondary N) is 1. The van der Waals surface area contributed by atoms with Gasteiger partial charge in [-0.3, -0.25) is 9.78 Å². The Kier molecular flexibility index (Phi) is 4.16. The number of nitrogens with zero attached hydrogens (tertiary/aromatic N) is 5. The van der Waals surface area contributed by atoms with Crippen LogP contribution in [0.25, 0.3) is 11.4 Å². The Bertz CT molecular complexity index is 1100. The van der Waals surface area contributed by atoms with Gasteiger partial charge in [-0.25, -0.2) is 4.68 Å². The molecule has 0 radical (unpaired) electrons. The molecule has 29 heavy (non-hydrogen) atoms. The molecular formula is C22H22N6O. The van der Waals surface area contributed by atoms with Crippen LogP contribution in [0.2, 0.25) is 0 Å². The quantitative estimate of drug-likeness (QED) is 0.743. The van der Waals surface area contributed by atoms with E-state index in [-0.39, 0.29) is 11.8 Å². The first-order chi connectivity index (χ1) is 14.1. The van der Waals surface area contributed by atoms with Crippen molar-refractivity contribution < 1.29 is 4.79 Å². The maximum Gasteiger partial charge on any atom is 0.226 e. The molecule has 0 fully saturated rings. The molecule has 5 rings (SSSR count). The summed E-state index contributed by atoms with van der Waals surface area (Å²) in [4.78, 5) is 24.1. The number of fused-ring (bicyclic) bond motifs is 1. The van der Waals surface area contributed by atoms with E-state index in [2.05, 4.69) is 15.2 Å². The topological polar surface area (TPSA) is 75.9 Å². The van der Waals surface area contributed by atoms with Crippen LogP contribution in [0.5, 0.6) is 0 Å². The van der Waals surface area contributed by atoms with Crippen molar-refractivity contribution in [3.8, 4) is 11.4 Å². The minimum absolute atomic E-state index is 0.160. The molecule has 1 N–H and O–H groups in total. The third-order valence-electron chi connectivity index (χ3n) is 5.48. The number of ketones is 1. The van der Waals surface area contributed by atoms with Crippen molar-refractivity contribution in [3.05, 3.63) is 65.6 Å². The van der Waals surface area contributed by atoms with Gasteiger partial charge in [0.2, 0.25) is 5.95 Å². The highest BCUT2D eigenvalue weighted by Gasteiger charge is 2.37. The summed E-state index contributed by atoms with van der Waals surface area (Å²) in [6.07, 6.45) is 4.01. The third kappa shape index (κ3) is 2.99. The zero-order valence-corrected chi connectivity index (χ0v) is 16.5. The lowest BCUT2D eigenvalue weighted by Crippen LogP contribution is -2.32. The van der Waals surface area contributed by atoms with E-state index in [1.807, 2.05) is 56.6 Å². The molecule has 0 spiro atoms. The highest BCUT2D eigenvalue weighted by molar-refractivity contribution is 5.99. The number of hydrogen-bond donors (Lipinski definition) is 1. The molecule has 1 unspecified atom stereocenters. The van der Waals surface area contributed by atoms with Crippen LogP contribution in [0.3, 0.4) is 0 Å². The number of pyridine rings is 1. The first-order valence-corrected chi connectivity index (χ1v) is 9.80. The summed E-state index contributed by atoms with van der Waals surface area (Å²) in [5, 5.41) is 8.14. The molecular weight excluding hydrogens is 364 g/mol. The zero-order chi connectivity index (χ0) is 20.0. The molecule has 2 aliphatic rings. The van der Waals surface area contributed by atoms with Crippen LogP contribution >= 0.6 is 0 Å². The summed E-state index contributed by atoms with van der Waals surface area (Å²) in [7, 11) is 4.02. The summed E-state index contributed by atoms with van der Waals surface area (Å²) in [5.74, 6) is 1.44. The molecule has 2 aromatic heterocycles. The molecule has 7 nitrogen and oxygen atoms in total. The van der Waals surface area contributed by atoms with Gasteiger partial charge >= 0.3 is 0 Å². The van der Waals surface area contributed by atoms with Gasteiger partial charge < -0.3 is 10.2 Å². The fourth-order valence-electron chi connectivity index (χ4n) is 4.00. The largest absolute Gasteiger partial charge is 0.378 e. The molecule has 1 aliphatic heterocycles. The second-order valence-corrected chi connectivity index (χ2v) is 7.60. The molecule has 1 atom stereocenters. The van der Waals surface area contributed by atoms with Gasteiger partial charge in [0.05, 0.1) is 5.69 Å². The number of carbonyl (C=O) groups excluding carboxylic acids is 1. The van der Waals surface area contributed by atoms with Gasteiger partial charge in [0, 0.05) is 49.2 Å². The molecule has 146 valence electrons. The van der Waals surface area contributed by atoms with Crippen molar-refractivity contribution >= 4 is 17.4 Å². The Hall–Kier alpha value is -3.48. The minimum atomic E-state index is -0.349. The number of anilines is 2. The van der Waals surface area contributed by atoms with Gasteiger partial charge in [-0.15, -0.1) is 5.10 Å². The number of aromatic nitrogens is 4. The van der Waals surface area contributed by atoms with Crippen molar-refractivity contribution in [2.45, 2.75) is 25.3 Å². The Morgan fingerprint density at radius 3 is 2.66 bits per heavy atom. The van der Waals surface area contributed by atoms with Crippen molar-refractivity contribution in [2.75, 3.05) is 24.3 Å². The Morgan fingerprint density at radius 1 is 1.10 bits per heavy atom. The van der Waals surface area contributed by atoms with Crippen molar-refractivity contribution in [1.29, 1.82) is 0 Å². The van der Waals surface area contributed by atoms with Gasteiger partial charge in [0.25, 0.3) is 0 Å². The lowest BCUT2D eigenvalue weighted by molar-refractivity contribution is -0.116. The molecule has 1 aromatic carbocycles. The van der Waals surface area contributed by atoms with E-state index in [9.17, 15) is 4.79 Å². The lowest BCUT2D eigenvalue weighted by Gasteiger charge is -2.31. The molecule has 3 heterocycles. The van der Waals surface area contributed by atoms with Crippen LogP contribution in [-0.2, 0) is 4.79 Å². The number of Topliss-reactive ketones (excluding diaryl/α,β-unsaturated/α-hetero) is 1. The minimum Gasteiger partial charge on any atom is -0.378 e. The third-order valence-corrected chi connectivity index (χ3v) is 5.48. The monoisotopic (exact) mass is 386 g/mol. The van der Waals surface area contributed by atoms with E-state index >= 15 is 0 Å². The van der Waals surface area contributed by atoms with Crippen LogP contribution in [-0.4, -0.2) is 39.6 Å². The van der Waals surface area contributed by atoms with Gasteiger partial charge in [-0.2, -0.15) is 4.98 Å². The Balaban J connectivity index is 1.61. The van der Waals surface area contributed by atoms with Gasteiger partial charge in [-0.1, -0.05) is 6.07 Å². The number of benzene rings is 1. The van der Waals surface area contributed by atoms with E-state index in [1.54, 1.807) is 10.9 Å². The van der Waals surface area contributed by atoms with Crippen molar-refractivity contribution in [3.63, 3.8) is 0 Å². The standard InChI is InChI=1S/C22H22N6O/c1-27(2)15-11-9-14(10-12-15)21-25-22-24-16-7-5-8-18(29)19(16)20(28(22)26-21)17-6-3-4-13-23-17/h3-4,6,9-13,20H,5,7-8H2,1-2H3,(H,24,25,26). The fourth-order valence-corrected chi connectivity index (χ4v) is 4.00. The molecule has 0 bridgehead atoms. The van der Waals surface area contributed by atoms with E-state index in [0.717, 1.165) is 41.1 Å². The second-order valence-electron chi connectivity index (χ2n) is 7.60. The summed E-state index contributed by atoms with van der Waals surface area (Å²) in [6.45, 7) is 0. The lowest BCUT2D eigenvalue weighted by atomic mass is 9.87. The van der Waals surface area contributed by atoms with Crippen LogP contribution in [0.4, 0.5) is 11.6 Å². The summed E-state index contributed by atoms with van der Waals surface area (Å²) >= 11 is 0. The first-order valence-electron chi connectivity index (χ1n) is 9.80. The summed E-state index contributed by atoms with van der Waals surface area (Å²) in [6, 6.07) is 13.5. The summed E-state index contributed by atoms with van der Waals surface area (Å²) in [5.41, 5.74) is 4.57. The Morgan fingerprint density at radius 2 is 1.93 bits per heavy atom. The average molecular weight is 386 g/mol. The van der Waals surface area contributed by atoms with Crippen LogP contribution in [0.15, 0.2) is 59.9 Å². The number of hydrogen-bond acceptors (Lipinski definition) is 6. The van der Waals surface area contributed by atoms with E-state index in [0.29, 0.717) is 18.2 Å². The van der Waals surface area contributed by atoms with Gasteiger partial charge in [0.15, 0.2) is 11.6 Å². The fraction of sp³-hybridized carbons (Fsp3) is 0.273. The zero-order valence-electron chi connectivity index (χ0n) is 16.5. The summed E-state index contributed by atoms with van der Waals surface area (Å²) < 4.78 is 1.81. The van der Waals surface area contributed by atoms with E-state index in [4.69, 9.17) is 10.1 Å². The van der Waals surface area contributed by atoms with Crippen molar-refractivity contribution in [1.82, 2.24) is 19.7 Å². The van der Waals surface area contributed by atoms with Crippen LogP contribution in [0, 0.1) is 0 Å². The first kappa shape index (κ1) is 17.6. The number of rotatable bonds is 3. The highest BCUT2D eigenvalue weighted by atomic mass is 16.1. The van der Waals surface area contributed by atoms with Crippen LogP contribution < -0.4 is 10.2 Å². The van der Waals surface area contributed by atoms with Gasteiger partial charge in [0.1, 0.15) is 6.04 Å². The normalized spacial score (nSPS) is 18.1. The maximum atomic E-state index is 12.8. The molecule has 1 aliphatic carbocycles. The van der Waals surface area contributed by atoms with Crippen molar-refractivity contribution in [2.24, 2.45) is 0 Å². The Labute approximate surface area is 169 Å². The predicted octanol–water partition coefficient (Wildman–Crippen LogP) is 3.43. The van der Waals surface area contributed by atoms with E-state index in [1.165, 1.54) is 0 Å².